The van der Waals surface area contributed by atoms with Crippen molar-refractivity contribution in [2.45, 2.75) is 52.6 Å². The van der Waals surface area contributed by atoms with E-state index in [2.05, 4.69) is 10.00 Å². The van der Waals surface area contributed by atoms with Crippen LogP contribution < -0.4 is 5.32 Å². The summed E-state index contributed by atoms with van der Waals surface area (Å²) in [5.74, 6) is 1.76. The molecule has 0 bridgehead atoms. The molecule has 1 fully saturated rings. The Balaban J connectivity index is 1.64. The van der Waals surface area contributed by atoms with Crippen LogP contribution in [0.25, 0.3) is 0 Å². The molecule has 0 atom stereocenters. The fraction of sp³-hybridized carbons (Fsp3) is 0.476. The third-order valence-electron chi connectivity index (χ3n) is 5.48. The minimum atomic E-state index is 0.0945. The van der Waals surface area contributed by atoms with Gasteiger partial charge in [-0.05, 0) is 30.9 Å². The third-order valence-corrected chi connectivity index (χ3v) is 5.48. The van der Waals surface area contributed by atoms with E-state index in [9.17, 15) is 9.59 Å². The van der Waals surface area contributed by atoms with E-state index in [0.29, 0.717) is 18.5 Å². The number of hydrogen-bond acceptors (Lipinski definition) is 4. The number of aromatic nitrogens is 2. The number of nitrogens with zero attached hydrogens (tertiary/aromatic N) is 3. The van der Waals surface area contributed by atoms with Gasteiger partial charge in [0.2, 0.25) is 5.91 Å². The Bertz CT molecular complexity index is 882. The average Bonchev–Trinajstić information content (AvgIpc) is 3.43. The average molecular weight is 366 g/mol. The lowest BCUT2D eigenvalue weighted by molar-refractivity contribution is -0.129. The van der Waals surface area contributed by atoms with Gasteiger partial charge in [0, 0.05) is 55.4 Å². The molecule has 142 valence electrons. The zero-order valence-electron chi connectivity index (χ0n) is 16.0. The molecule has 0 saturated heterocycles. The molecule has 6 nitrogen and oxygen atoms in total. The molecule has 1 N–H and O–H groups in total. The maximum Gasteiger partial charge on any atom is 0.219 e. The highest BCUT2D eigenvalue weighted by Crippen LogP contribution is 2.34. The lowest BCUT2D eigenvalue weighted by Gasteiger charge is -2.26. The summed E-state index contributed by atoms with van der Waals surface area (Å²) >= 11 is 0. The number of carbonyl (C=O) groups excluding carboxylic acids is 2. The van der Waals surface area contributed by atoms with Crippen LogP contribution in [0.15, 0.2) is 24.3 Å². The van der Waals surface area contributed by atoms with Crippen molar-refractivity contribution in [3.63, 3.8) is 0 Å². The number of ketones is 1. The lowest BCUT2D eigenvalue weighted by atomic mass is 10.1. The van der Waals surface area contributed by atoms with Crippen LogP contribution >= 0.6 is 0 Å². The molecule has 0 spiro atoms. The topological polar surface area (TPSA) is 67.2 Å². The van der Waals surface area contributed by atoms with Crippen LogP contribution in [0.4, 0.5) is 11.5 Å². The van der Waals surface area contributed by atoms with Crippen LogP contribution in [0.3, 0.4) is 0 Å². The van der Waals surface area contributed by atoms with Crippen molar-refractivity contribution in [3.05, 3.63) is 41.1 Å². The second-order valence-electron chi connectivity index (χ2n) is 7.57. The number of nitrogens with one attached hydrogen (secondary N) is 1. The normalized spacial score (nSPS) is 16.1. The van der Waals surface area contributed by atoms with E-state index in [4.69, 9.17) is 5.10 Å². The summed E-state index contributed by atoms with van der Waals surface area (Å²) in [4.78, 5) is 25.7. The standard InChI is InChI=1S/C21H26N4O2/c1-3-20(27)16-5-4-6-17(11-16)22-21-18-13-24(14(2)26)10-9-19(18)25(23-21)12-15-7-8-15/h4-6,11,15H,3,7-10,12-13H2,1-2H3,(H,22,23). The summed E-state index contributed by atoms with van der Waals surface area (Å²) in [6, 6.07) is 7.56. The van der Waals surface area contributed by atoms with E-state index in [1.165, 1.54) is 18.5 Å². The van der Waals surface area contributed by atoms with Crippen LogP contribution in [-0.2, 0) is 24.3 Å². The van der Waals surface area contributed by atoms with E-state index in [1.807, 2.05) is 36.1 Å². The summed E-state index contributed by atoms with van der Waals surface area (Å²) in [5, 5.41) is 8.24. The molecule has 0 unspecified atom stereocenters. The number of Topliss-reactive ketones (excluding diaryl/α,β-unsaturated/α-hetero) is 1. The minimum Gasteiger partial charge on any atom is -0.338 e. The first-order chi connectivity index (χ1) is 13.0. The van der Waals surface area contributed by atoms with Gasteiger partial charge in [-0.1, -0.05) is 19.1 Å². The van der Waals surface area contributed by atoms with Crippen molar-refractivity contribution in [2.24, 2.45) is 5.92 Å². The molecule has 1 aliphatic heterocycles. The Kier molecular flexibility index (Phi) is 4.72. The zero-order valence-corrected chi connectivity index (χ0v) is 16.0. The second-order valence-corrected chi connectivity index (χ2v) is 7.57. The molecule has 27 heavy (non-hydrogen) atoms. The number of benzene rings is 1. The predicted octanol–water partition coefficient (Wildman–Crippen LogP) is 3.53. The number of rotatable bonds is 6. The SMILES string of the molecule is CCC(=O)c1cccc(Nc2nn(CC3CC3)c3c2CN(C(C)=O)CC3)c1. The Hall–Kier alpha value is -2.63. The molecule has 6 heteroatoms. The van der Waals surface area contributed by atoms with E-state index < -0.39 is 0 Å². The van der Waals surface area contributed by atoms with Crippen molar-refractivity contribution in [1.82, 2.24) is 14.7 Å². The Morgan fingerprint density at radius 1 is 1.30 bits per heavy atom. The van der Waals surface area contributed by atoms with Gasteiger partial charge in [-0.2, -0.15) is 5.10 Å². The first-order valence-electron chi connectivity index (χ1n) is 9.79. The van der Waals surface area contributed by atoms with Crippen molar-refractivity contribution in [1.29, 1.82) is 0 Å². The Labute approximate surface area is 159 Å². The summed E-state index contributed by atoms with van der Waals surface area (Å²) in [5.41, 5.74) is 3.90. The highest BCUT2D eigenvalue weighted by Gasteiger charge is 2.29. The van der Waals surface area contributed by atoms with Gasteiger partial charge in [0.25, 0.3) is 0 Å². The fourth-order valence-electron chi connectivity index (χ4n) is 3.67. The monoisotopic (exact) mass is 366 g/mol. The molecule has 4 rings (SSSR count). The van der Waals surface area contributed by atoms with Gasteiger partial charge in [-0.3, -0.25) is 14.3 Å². The third kappa shape index (κ3) is 3.75. The molecule has 2 heterocycles. The van der Waals surface area contributed by atoms with Crippen molar-refractivity contribution < 1.29 is 9.59 Å². The molecular formula is C21H26N4O2. The van der Waals surface area contributed by atoms with Gasteiger partial charge in [0.15, 0.2) is 11.6 Å². The molecule has 1 aliphatic carbocycles. The molecule has 1 amide bonds. The van der Waals surface area contributed by atoms with Crippen molar-refractivity contribution in [3.8, 4) is 0 Å². The Morgan fingerprint density at radius 2 is 2.11 bits per heavy atom. The molecule has 2 aliphatic rings. The minimum absolute atomic E-state index is 0.0945. The van der Waals surface area contributed by atoms with Gasteiger partial charge in [0.05, 0.1) is 6.54 Å². The fourth-order valence-corrected chi connectivity index (χ4v) is 3.67. The summed E-state index contributed by atoms with van der Waals surface area (Å²) < 4.78 is 2.13. The predicted molar refractivity (Wildman–Crippen MR) is 104 cm³/mol. The lowest BCUT2D eigenvalue weighted by Crippen LogP contribution is -2.34. The number of hydrogen-bond donors (Lipinski definition) is 1. The van der Waals surface area contributed by atoms with Crippen LogP contribution in [0.1, 0.15) is 54.7 Å². The van der Waals surface area contributed by atoms with E-state index >= 15 is 0 Å². The molecule has 0 radical (unpaired) electrons. The molecule has 1 saturated carbocycles. The first-order valence-corrected chi connectivity index (χ1v) is 9.79. The maximum atomic E-state index is 12.0. The number of anilines is 2. The van der Waals surface area contributed by atoms with E-state index in [-0.39, 0.29) is 11.7 Å². The van der Waals surface area contributed by atoms with E-state index in [0.717, 1.165) is 42.5 Å². The second kappa shape index (κ2) is 7.18. The van der Waals surface area contributed by atoms with Crippen LogP contribution in [0, 0.1) is 5.92 Å². The maximum absolute atomic E-state index is 12.0. The highest BCUT2D eigenvalue weighted by atomic mass is 16.2. The zero-order chi connectivity index (χ0) is 19.0. The van der Waals surface area contributed by atoms with E-state index in [1.54, 1.807) is 6.92 Å². The quantitative estimate of drug-likeness (QED) is 0.794. The van der Waals surface area contributed by atoms with Gasteiger partial charge < -0.3 is 10.2 Å². The molecule has 2 aromatic rings. The van der Waals surface area contributed by atoms with Gasteiger partial charge in [-0.15, -0.1) is 0 Å². The summed E-state index contributed by atoms with van der Waals surface area (Å²) in [6.07, 6.45) is 3.88. The summed E-state index contributed by atoms with van der Waals surface area (Å²) in [6.45, 7) is 5.78. The van der Waals surface area contributed by atoms with Crippen LogP contribution in [0.2, 0.25) is 0 Å². The van der Waals surface area contributed by atoms with Crippen LogP contribution in [0.5, 0.6) is 0 Å². The highest BCUT2D eigenvalue weighted by molar-refractivity contribution is 5.96. The smallest absolute Gasteiger partial charge is 0.219 e. The first kappa shape index (κ1) is 17.8. The molecule has 1 aromatic carbocycles. The molecular weight excluding hydrogens is 340 g/mol. The Morgan fingerprint density at radius 3 is 2.81 bits per heavy atom. The van der Waals surface area contributed by atoms with Crippen LogP contribution in [-0.4, -0.2) is 32.9 Å². The van der Waals surface area contributed by atoms with Gasteiger partial charge in [-0.25, -0.2) is 0 Å². The largest absolute Gasteiger partial charge is 0.338 e. The molecule has 1 aromatic heterocycles. The van der Waals surface area contributed by atoms with Gasteiger partial charge >= 0.3 is 0 Å². The number of carbonyl (C=O) groups is 2. The van der Waals surface area contributed by atoms with Gasteiger partial charge in [0.1, 0.15) is 0 Å². The summed E-state index contributed by atoms with van der Waals surface area (Å²) in [7, 11) is 0. The van der Waals surface area contributed by atoms with Crippen molar-refractivity contribution in [2.75, 3.05) is 11.9 Å². The number of amides is 1. The number of fused-ring (bicyclic) bond motifs is 1. The van der Waals surface area contributed by atoms with Crippen molar-refractivity contribution >= 4 is 23.2 Å².